The molecule has 0 aromatic heterocycles. The van der Waals surface area contributed by atoms with E-state index in [1.807, 2.05) is 13.8 Å². The molecular formula is C6H13N2O. The van der Waals surface area contributed by atoms with E-state index in [2.05, 4.69) is 5.32 Å². The molecule has 3 heteroatoms. The van der Waals surface area contributed by atoms with E-state index in [0.29, 0.717) is 0 Å². The fourth-order valence-electron chi connectivity index (χ4n) is 0.767. The Hall–Kier alpha value is -0.570. The van der Waals surface area contributed by atoms with Crippen molar-refractivity contribution in [3.8, 4) is 0 Å². The average molecular weight is 129 g/mol. The van der Waals surface area contributed by atoms with E-state index in [1.54, 1.807) is 7.05 Å². The lowest BCUT2D eigenvalue weighted by Crippen LogP contribution is -2.39. The number of likely N-dealkylation sites (N-methyl/N-ethyl adjacent to an activating group) is 1. The minimum absolute atomic E-state index is 0.208. The van der Waals surface area contributed by atoms with Crippen molar-refractivity contribution < 1.29 is 4.79 Å². The first kappa shape index (κ1) is 8.43. The third-order valence-electron chi connectivity index (χ3n) is 1.26. The molecule has 1 atom stereocenters. The molecule has 3 nitrogen and oxygen atoms in total. The smallest absolute Gasteiger partial charge is 0.255 e. The van der Waals surface area contributed by atoms with Gasteiger partial charge in [0.25, 0.3) is 5.91 Å². The normalized spacial score (nSPS) is 13.8. The van der Waals surface area contributed by atoms with Crippen molar-refractivity contribution in [2.45, 2.75) is 19.9 Å². The van der Waals surface area contributed by atoms with Crippen LogP contribution in [-0.2, 0) is 4.79 Å². The Morgan fingerprint density at radius 2 is 2.00 bits per heavy atom. The number of rotatable bonds is 3. The summed E-state index contributed by atoms with van der Waals surface area (Å²) in [5.74, 6) is -0.326. The zero-order valence-corrected chi connectivity index (χ0v) is 6.06. The van der Waals surface area contributed by atoms with Crippen LogP contribution in [0.1, 0.15) is 13.8 Å². The molecule has 2 N–H and O–H groups in total. The molecule has 1 amide bonds. The molecule has 1 radical (unpaired) electrons. The van der Waals surface area contributed by atoms with Crippen LogP contribution in [0.2, 0.25) is 0 Å². The maximum atomic E-state index is 10.4. The summed E-state index contributed by atoms with van der Waals surface area (Å²) in [6.45, 7) is 3.82. The Morgan fingerprint density at radius 3 is 2.00 bits per heavy atom. The van der Waals surface area contributed by atoms with Gasteiger partial charge in [-0.05, 0) is 13.0 Å². The van der Waals surface area contributed by atoms with Gasteiger partial charge in [0.05, 0.1) is 6.04 Å². The number of nitrogens with one attached hydrogen (secondary N) is 2. The highest BCUT2D eigenvalue weighted by molar-refractivity contribution is 5.79. The Balaban J connectivity index is 3.83. The monoisotopic (exact) mass is 129 g/mol. The lowest BCUT2D eigenvalue weighted by Gasteiger charge is -2.14. The molecule has 0 aromatic carbocycles. The molecular weight excluding hydrogens is 116 g/mol. The maximum absolute atomic E-state index is 10.4. The lowest BCUT2D eigenvalue weighted by molar-refractivity contribution is -0.121. The standard InChI is InChI=1S/C6H13N2O/c1-4(2)5(8-3)6(7)9/h4-5,7-8H,1-3H3/t5-/m0/s1. The van der Waals surface area contributed by atoms with E-state index in [1.165, 1.54) is 0 Å². The van der Waals surface area contributed by atoms with Gasteiger partial charge >= 0.3 is 0 Å². The molecule has 9 heavy (non-hydrogen) atoms. The zero-order valence-electron chi connectivity index (χ0n) is 6.06. The molecule has 0 heterocycles. The molecule has 0 aromatic rings. The van der Waals surface area contributed by atoms with Crippen LogP contribution in [0.25, 0.3) is 0 Å². The van der Waals surface area contributed by atoms with Crippen LogP contribution in [-0.4, -0.2) is 19.0 Å². The van der Waals surface area contributed by atoms with Crippen LogP contribution >= 0.6 is 0 Å². The summed E-state index contributed by atoms with van der Waals surface area (Å²) in [6.07, 6.45) is 0. The number of hydrogen-bond acceptors (Lipinski definition) is 2. The Kier molecular flexibility index (Phi) is 3.24. The van der Waals surface area contributed by atoms with Gasteiger partial charge in [0.15, 0.2) is 0 Å². The number of carbonyl (C=O) groups is 1. The van der Waals surface area contributed by atoms with Crippen LogP contribution in [0.3, 0.4) is 0 Å². The highest BCUT2D eigenvalue weighted by atomic mass is 16.1. The molecule has 0 fully saturated rings. The molecule has 0 unspecified atom stereocenters. The van der Waals surface area contributed by atoms with Crippen molar-refractivity contribution in [2.24, 2.45) is 5.92 Å². The quantitative estimate of drug-likeness (QED) is 0.585. The van der Waals surface area contributed by atoms with Gasteiger partial charge in [0.1, 0.15) is 0 Å². The van der Waals surface area contributed by atoms with Crippen molar-refractivity contribution in [2.75, 3.05) is 7.05 Å². The zero-order chi connectivity index (χ0) is 7.44. The van der Waals surface area contributed by atoms with Gasteiger partial charge in [-0.3, -0.25) is 10.5 Å². The summed E-state index contributed by atoms with van der Waals surface area (Å²) < 4.78 is 0. The molecule has 0 saturated heterocycles. The SMILES string of the molecule is CN[C@H](C([NH])=O)C(C)C. The highest BCUT2D eigenvalue weighted by Crippen LogP contribution is 1.98. The summed E-state index contributed by atoms with van der Waals surface area (Å²) in [6, 6.07) is -0.301. The minimum Gasteiger partial charge on any atom is -0.309 e. The predicted octanol–water partition coefficient (Wildman–Crippen LogP) is 0.0399. The molecule has 0 saturated carbocycles. The van der Waals surface area contributed by atoms with Gasteiger partial charge in [-0.2, -0.15) is 0 Å². The molecule has 0 aliphatic carbocycles. The average Bonchev–Trinajstić information content (AvgIpc) is 1.64. The maximum Gasteiger partial charge on any atom is 0.255 e. The van der Waals surface area contributed by atoms with Crippen molar-refractivity contribution >= 4 is 5.91 Å². The third kappa shape index (κ3) is 2.46. The number of amides is 1. The number of carbonyl (C=O) groups excluding carboxylic acids is 1. The summed E-state index contributed by atoms with van der Waals surface area (Å²) in [5, 5.41) is 2.76. The van der Waals surface area contributed by atoms with Gasteiger partial charge in [0.2, 0.25) is 0 Å². The topological polar surface area (TPSA) is 52.9 Å². The second kappa shape index (κ2) is 3.45. The lowest BCUT2D eigenvalue weighted by atomic mass is 10.0. The van der Waals surface area contributed by atoms with Crippen molar-refractivity contribution in [3.05, 3.63) is 0 Å². The fourth-order valence-corrected chi connectivity index (χ4v) is 0.767. The van der Waals surface area contributed by atoms with Crippen LogP contribution in [0.5, 0.6) is 0 Å². The summed E-state index contributed by atoms with van der Waals surface area (Å²) in [4.78, 5) is 10.4. The van der Waals surface area contributed by atoms with Gasteiger partial charge in [-0.15, -0.1) is 0 Å². The first-order valence-electron chi connectivity index (χ1n) is 3.02. The van der Waals surface area contributed by atoms with E-state index in [-0.39, 0.29) is 12.0 Å². The molecule has 0 rings (SSSR count). The molecule has 53 valence electrons. The fraction of sp³-hybridized carbons (Fsp3) is 0.833. The summed E-state index contributed by atoms with van der Waals surface area (Å²) >= 11 is 0. The van der Waals surface area contributed by atoms with Crippen LogP contribution < -0.4 is 11.1 Å². The van der Waals surface area contributed by atoms with Gasteiger partial charge in [0, 0.05) is 0 Å². The Labute approximate surface area is 55.6 Å². The second-order valence-electron chi connectivity index (χ2n) is 2.37. The van der Waals surface area contributed by atoms with E-state index >= 15 is 0 Å². The molecule has 0 aliphatic rings. The molecule has 0 bridgehead atoms. The van der Waals surface area contributed by atoms with Crippen molar-refractivity contribution in [1.29, 1.82) is 0 Å². The molecule has 0 spiro atoms. The minimum atomic E-state index is -0.535. The molecule has 0 aliphatic heterocycles. The van der Waals surface area contributed by atoms with Gasteiger partial charge in [-0.25, -0.2) is 0 Å². The van der Waals surface area contributed by atoms with Gasteiger partial charge < -0.3 is 5.32 Å². The van der Waals surface area contributed by atoms with Crippen LogP contribution in [0.4, 0.5) is 0 Å². The Morgan fingerprint density at radius 1 is 1.56 bits per heavy atom. The van der Waals surface area contributed by atoms with E-state index in [0.717, 1.165) is 0 Å². The van der Waals surface area contributed by atoms with Crippen molar-refractivity contribution in [3.63, 3.8) is 0 Å². The third-order valence-corrected chi connectivity index (χ3v) is 1.26. The van der Waals surface area contributed by atoms with Gasteiger partial charge in [-0.1, -0.05) is 13.8 Å². The van der Waals surface area contributed by atoms with E-state index < -0.39 is 5.91 Å². The highest BCUT2D eigenvalue weighted by Gasteiger charge is 2.16. The second-order valence-corrected chi connectivity index (χ2v) is 2.37. The van der Waals surface area contributed by atoms with E-state index in [4.69, 9.17) is 5.73 Å². The first-order valence-corrected chi connectivity index (χ1v) is 3.02. The van der Waals surface area contributed by atoms with E-state index in [9.17, 15) is 4.79 Å². The van der Waals surface area contributed by atoms with Crippen LogP contribution in [0.15, 0.2) is 0 Å². The number of hydrogen-bond donors (Lipinski definition) is 1. The first-order chi connectivity index (χ1) is 4.09. The summed E-state index contributed by atoms with van der Waals surface area (Å²) in [5.41, 5.74) is 6.76. The van der Waals surface area contributed by atoms with Crippen molar-refractivity contribution in [1.82, 2.24) is 11.1 Å². The van der Waals surface area contributed by atoms with Crippen LogP contribution in [0, 0.1) is 5.92 Å². The Bertz CT molecular complexity index is 101. The summed E-state index contributed by atoms with van der Waals surface area (Å²) in [7, 11) is 1.69. The largest absolute Gasteiger partial charge is 0.309 e. The predicted molar refractivity (Wildman–Crippen MR) is 35.8 cm³/mol.